The molecule has 5 nitrogen and oxygen atoms in total. The van der Waals surface area contributed by atoms with E-state index in [9.17, 15) is 4.79 Å². The molecule has 0 amide bonds. The standard InChI is InChI=1S/C10H15N3O2/c14-7-8-2-1-5-13(6-8)9-10(15)12-4-3-11-9/h3-4,8,14H,1-2,5-7H2,(H,12,15)/t8-/m1/s1. The topological polar surface area (TPSA) is 69.2 Å². The third-order valence-electron chi connectivity index (χ3n) is 2.77. The average Bonchev–Trinajstić information content (AvgIpc) is 2.30. The number of piperidine rings is 1. The number of hydrogen-bond donors (Lipinski definition) is 2. The number of rotatable bonds is 2. The van der Waals surface area contributed by atoms with Gasteiger partial charge >= 0.3 is 0 Å². The van der Waals surface area contributed by atoms with Gasteiger partial charge in [-0.05, 0) is 18.8 Å². The number of hydrogen-bond acceptors (Lipinski definition) is 4. The summed E-state index contributed by atoms with van der Waals surface area (Å²) in [5.41, 5.74) is -0.156. The highest BCUT2D eigenvalue weighted by Gasteiger charge is 2.21. The summed E-state index contributed by atoms with van der Waals surface area (Å²) in [6, 6.07) is 0. The van der Waals surface area contributed by atoms with Gasteiger partial charge in [-0.3, -0.25) is 4.79 Å². The number of H-pyrrole nitrogens is 1. The minimum atomic E-state index is -0.156. The van der Waals surface area contributed by atoms with E-state index in [1.54, 1.807) is 6.20 Å². The van der Waals surface area contributed by atoms with Crippen molar-refractivity contribution < 1.29 is 5.11 Å². The lowest BCUT2D eigenvalue weighted by Crippen LogP contribution is -2.40. The molecule has 0 saturated carbocycles. The summed E-state index contributed by atoms with van der Waals surface area (Å²) in [7, 11) is 0. The molecule has 0 bridgehead atoms. The Kier molecular flexibility index (Phi) is 3.01. The maximum Gasteiger partial charge on any atom is 0.290 e. The van der Waals surface area contributed by atoms with Crippen LogP contribution in [0.25, 0.3) is 0 Å². The van der Waals surface area contributed by atoms with Gasteiger partial charge in [0.15, 0.2) is 5.82 Å². The summed E-state index contributed by atoms with van der Waals surface area (Å²) >= 11 is 0. The third kappa shape index (κ3) is 2.18. The van der Waals surface area contributed by atoms with Crippen LogP contribution < -0.4 is 10.5 Å². The van der Waals surface area contributed by atoms with Gasteiger partial charge in [0, 0.05) is 32.1 Å². The fraction of sp³-hybridized carbons (Fsp3) is 0.600. The van der Waals surface area contributed by atoms with Crippen LogP contribution in [0.1, 0.15) is 12.8 Å². The lowest BCUT2D eigenvalue weighted by atomic mass is 9.99. The zero-order valence-corrected chi connectivity index (χ0v) is 8.52. The summed E-state index contributed by atoms with van der Waals surface area (Å²) in [5, 5.41) is 9.09. The van der Waals surface area contributed by atoms with Crippen molar-refractivity contribution in [3.05, 3.63) is 22.7 Å². The normalized spacial score (nSPS) is 21.7. The molecule has 1 saturated heterocycles. The molecular weight excluding hydrogens is 194 g/mol. The van der Waals surface area contributed by atoms with E-state index in [0.29, 0.717) is 5.82 Å². The second-order valence-corrected chi connectivity index (χ2v) is 3.88. The lowest BCUT2D eigenvalue weighted by Gasteiger charge is -2.31. The largest absolute Gasteiger partial charge is 0.396 e. The van der Waals surface area contributed by atoms with Gasteiger partial charge in [0.05, 0.1) is 0 Å². The minimum absolute atomic E-state index is 0.156. The van der Waals surface area contributed by atoms with Gasteiger partial charge in [-0.15, -0.1) is 0 Å². The van der Waals surface area contributed by atoms with Gasteiger partial charge in [0.2, 0.25) is 0 Å². The SMILES string of the molecule is O=c1[nH]ccnc1N1CCC[C@@H](CO)C1. The van der Waals surface area contributed by atoms with E-state index in [1.165, 1.54) is 6.20 Å². The first-order valence-corrected chi connectivity index (χ1v) is 5.20. The Bertz CT molecular complexity index is 377. The zero-order chi connectivity index (χ0) is 10.7. The van der Waals surface area contributed by atoms with Crippen molar-refractivity contribution in [2.24, 2.45) is 5.92 Å². The minimum Gasteiger partial charge on any atom is -0.396 e. The molecule has 2 N–H and O–H groups in total. The van der Waals surface area contributed by atoms with Gasteiger partial charge in [-0.2, -0.15) is 0 Å². The Labute approximate surface area is 87.8 Å². The summed E-state index contributed by atoms with van der Waals surface area (Å²) in [5.74, 6) is 0.732. The van der Waals surface area contributed by atoms with Crippen LogP contribution in [0.4, 0.5) is 5.82 Å². The molecule has 0 radical (unpaired) electrons. The van der Waals surface area contributed by atoms with Gasteiger partial charge in [0.25, 0.3) is 5.56 Å². The quantitative estimate of drug-likeness (QED) is 0.718. The van der Waals surface area contributed by atoms with Crippen molar-refractivity contribution in [2.45, 2.75) is 12.8 Å². The molecule has 2 rings (SSSR count). The van der Waals surface area contributed by atoms with Crippen LogP contribution in [0.15, 0.2) is 17.2 Å². The number of nitrogens with zero attached hydrogens (tertiary/aromatic N) is 2. The first-order chi connectivity index (χ1) is 7.31. The average molecular weight is 209 g/mol. The summed E-state index contributed by atoms with van der Waals surface area (Å²) < 4.78 is 0. The fourth-order valence-electron chi connectivity index (χ4n) is 1.98. The van der Waals surface area contributed by atoms with Crippen molar-refractivity contribution >= 4 is 5.82 Å². The number of aliphatic hydroxyl groups is 1. The number of aliphatic hydroxyl groups excluding tert-OH is 1. The third-order valence-corrected chi connectivity index (χ3v) is 2.77. The predicted octanol–water partition coefficient (Wildman–Crippen LogP) is -0.0214. The molecular formula is C10H15N3O2. The van der Waals surface area contributed by atoms with E-state index in [-0.39, 0.29) is 18.1 Å². The van der Waals surface area contributed by atoms with Gasteiger partial charge in [0.1, 0.15) is 0 Å². The van der Waals surface area contributed by atoms with Crippen molar-refractivity contribution in [2.75, 3.05) is 24.6 Å². The first-order valence-electron chi connectivity index (χ1n) is 5.20. The molecule has 0 aliphatic carbocycles. The molecule has 1 aromatic heterocycles. The molecule has 2 heterocycles. The van der Waals surface area contributed by atoms with E-state index in [2.05, 4.69) is 9.97 Å². The number of aromatic nitrogens is 2. The van der Waals surface area contributed by atoms with E-state index in [0.717, 1.165) is 25.9 Å². The van der Waals surface area contributed by atoms with Gasteiger partial charge < -0.3 is 15.0 Å². The molecule has 0 unspecified atom stereocenters. The predicted molar refractivity (Wildman–Crippen MR) is 56.9 cm³/mol. The molecule has 1 aliphatic rings. The zero-order valence-electron chi connectivity index (χ0n) is 8.52. The van der Waals surface area contributed by atoms with Crippen LogP contribution in [-0.4, -0.2) is 34.8 Å². The van der Waals surface area contributed by atoms with Crippen molar-refractivity contribution in [1.82, 2.24) is 9.97 Å². The Morgan fingerprint density at radius 2 is 2.53 bits per heavy atom. The van der Waals surface area contributed by atoms with Crippen LogP contribution in [0, 0.1) is 5.92 Å². The van der Waals surface area contributed by atoms with E-state index < -0.39 is 0 Å². The van der Waals surface area contributed by atoms with E-state index in [4.69, 9.17) is 5.11 Å². The van der Waals surface area contributed by atoms with Crippen LogP contribution in [-0.2, 0) is 0 Å². The lowest BCUT2D eigenvalue weighted by molar-refractivity contribution is 0.208. The smallest absolute Gasteiger partial charge is 0.290 e. The van der Waals surface area contributed by atoms with Crippen molar-refractivity contribution in [3.63, 3.8) is 0 Å². The van der Waals surface area contributed by atoms with Crippen LogP contribution in [0.2, 0.25) is 0 Å². The maximum absolute atomic E-state index is 11.5. The number of nitrogens with one attached hydrogen (secondary N) is 1. The second kappa shape index (κ2) is 4.44. The number of anilines is 1. The monoisotopic (exact) mass is 209 g/mol. The molecule has 82 valence electrons. The Balaban J connectivity index is 2.17. The van der Waals surface area contributed by atoms with Crippen LogP contribution in [0.5, 0.6) is 0 Å². The highest BCUT2D eigenvalue weighted by molar-refractivity contribution is 5.35. The molecule has 5 heteroatoms. The molecule has 0 spiro atoms. The van der Waals surface area contributed by atoms with E-state index >= 15 is 0 Å². The first kappa shape index (κ1) is 10.2. The Hall–Kier alpha value is -1.36. The van der Waals surface area contributed by atoms with Crippen LogP contribution in [0.3, 0.4) is 0 Å². The molecule has 15 heavy (non-hydrogen) atoms. The molecule has 1 aromatic rings. The number of aromatic amines is 1. The van der Waals surface area contributed by atoms with Crippen LogP contribution >= 0.6 is 0 Å². The van der Waals surface area contributed by atoms with Crippen molar-refractivity contribution in [1.29, 1.82) is 0 Å². The molecule has 0 aromatic carbocycles. The molecule has 1 atom stereocenters. The van der Waals surface area contributed by atoms with Gasteiger partial charge in [-0.25, -0.2) is 4.98 Å². The Morgan fingerprint density at radius 3 is 3.27 bits per heavy atom. The molecule has 1 fully saturated rings. The van der Waals surface area contributed by atoms with Crippen molar-refractivity contribution in [3.8, 4) is 0 Å². The fourth-order valence-corrected chi connectivity index (χ4v) is 1.98. The summed E-state index contributed by atoms with van der Waals surface area (Å²) in [6.45, 7) is 1.74. The highest BCUT2D eigenvalue weighted by atomic mass is 16.3. The second-order valence-electron chi connectivity index (χ2n) is 3.88. The Morgan fingerprint density at radius 1 is 1.67 bits per heavy atom. The maximum atomic E-state index is 11.5. The summed E-state index contributed by atoms with van der Waals surface area (Å²) in [6.07, 6.45) is 5.14. The van der Waals surface area contributed by atoms with E-state index in [1.807, 2.05) is 4.90 Å². The molecule has 1 aliphatic heterocycles. The highest BCUT2D eigenvalue weighted by Crippen LogP contribution is 2.18. The van der Waals surface area contributed by atoms with Gasteiger partial charge in [-0.1, -0.05) is 0 Å². The summed E-state index contributed by atoms with van der Waals surface area (Å²) in [4.78, 5) is 20.1.